The molecule has 0 spiro atoms. The van der Waals surface area contributed by atoms with Crippen LogP contribution in [0.15, 0.2) is 67.0 Å². The smallest absolute Gasteiger partial charge is 0.256 e. The minimum atomic E-state index is -1.28. The van der Waals surface area contributed by atoms with Crippen LogP contribution < -0.4 is 0 Å². The van der Waals surface area contributed by atoms with Crippen molar-refractivity contribution in [2.24, 2.45) is 0 Å². The van der Waals surface area contributed by atoms with Gasteiger partial charge in [0.15, 0.2) is 6.10 Å². The predicted octanol–water partition coefficient (Wildman–Crippen LogP) is 2.84. The SMILES string of the molecule is O=C(C(O)c1cccc(-c2cnc3[nH]cc(-c4ccccc4O)c3c2)c1)N1CC(O)C1. The lowest BCUT2D eigenvalue weighted by Gasteiger charge is -2.37. The first-order chi connectivity index (χ1) is 15.0. The molecule has 1 saturated heterocycles. The number of rotatable bonds is 4. The second-order valence-electron chi connectivity index (χ2n) is 7.76. The van der Waals surface area contributed by atoms with Crippen LogP contribution in [0.3, 0.4) is 0 Å². The molecule has 0 bridgehead atoms. The van der Waals surface area contributed by atoms with Crippen molar-refractivity contribution in [2.75, 3.05) is 13.1 Å². The number of aliphatic hydroxyl groups is 2. The molecule has 1 unspecified atom stereocenters. The summed E-state index contributed by atoms with van der Waals surface area (Å²) in [4.78, 5) is 21.5. The number of hydrogen-bond donors (Lipinski definition) is 4. The molecule has 0 aliphatic carbocycles. The largest absolute Gasteiger partial charge is 0.507 e. The van der Waals surface area contributed by atoms with Gasteiger partial charge in [0.25, 0.3) is 5.91 Å². The lowest BCUT2D eigenvalue weighted by molar-refractivity contribution is -0.150. The fourth-order valence-electron chi connectivity index (χ4n) is 3.92. The van der Waals surface area contributed by atoms with Crippen LogP contribution in [0.1, 0.15) is 11.7 Å². The standard InChI is InChI=1S/C24H21N3O4/c28-17-12-27(13-17)24(31)22(30)15-5-3-4-14(8-15)16-9-19-20(11-26-23(19)25-10-16)18-6-1-2-7-21(18)29/h1-11,17,22,28-30H,12-13H2,(H,25,26). The molecule has 1 atom stereocenters. The Bertz CT molecular complexity index is 1280. The van der Waals surface area contributed by atoms with Crippen LogP contribution in [0.5, 0.6) is 5.75 Å². The van der Waals surface area contributed by atoms with E-state index in [-0.39, 0.29) is 18.8 Å². The zero-order chi connectivity index (χ0) is 21.5. The Hall–Kier alpha value is -3.68. The number of carbonyl (C=O) groups is 1. The molecule has 7 heteroatoms. The minimum absolute atomic E-state index is 0.188. The highest BCUT2D eigenvalue weighted by atomic mass is 16.3. The van der Waals surface area contributed by atoms with Gasteiger partial charge in [0.2, 0.25) is 0 Å². The highest BCUT2D eigenvalue weighted by Gasteiger charge is 2.33. The summed E-state index contributed by atoms with van der Waals surface area (Å²) in [6, 6.07) is 16.3. The molecule has 0 radical (unpaired) electrons. The normalized spacial score (nSPS) is 15.1. The van der Waals surface area contributed by atoms with Gasteiger partial charge in [0.05, 0.1) is 6.10 Å². The summed E-state index contributed by atoms with van der Waals surface area (Å²) in [5.74, 6) is -0.225. The third-order valence-corrected chi connectivity index (χ3v) is 5.67. The summed E-state index contributed by atoms with van der Waals surface area (Å²) in [6.45, 7) is 0.498. The number of carbonyl (C=O) groups excluding carboxylic acids is 1. The van der Waals surface area contributed by atoms with Gasteiger partial charge < -0.3 is 25.2 Å². The number of hydrogen-bond acceptors (Lipinski definition) is 5. The highest BCUT2D eigenvalue weighted by Crippen LogP contribution is 2.35. The van der Waals surface area contributed by atoms with Crippen LogP contribution in [-0.2, 0) is 4.79 Å². The van der Waals surface area contributed by atoms with Crippen LogP contribution in [0.4, 0.5) is 0 Å². The van der Waals surface area contributed by atoms with Gasteiger partial charge in [-0.25, -0.2) is 4.98 Å². The number of fused-ring (bicyclic) bond motifs is 1. The third kappa shape index (κ3) is 3.43. The number of phenolic OH excluding ortho intramolecular Hbond substituents is 1. The van der Waals surface area contributed by atoms with E-state index in [4.69, 9.17) is 0 Å². The Kier molecular flexibility index (Phi) is 4.69. The molecule has 4 N–H and O–H groups in total. The first-order valence-corrected chi connectivity index (χ1v) is 10.0. The molecule has 31 heavy (non-hydrogen) atoms. The second-order valence-corrected chi connectivity index (χ2v) is 7.76. The molecule has 5 rings (SSSR count). The van der Waals surface area contributed by atoms with E-state index in [1.165, 1.54) is 4.90 Å². The third-order valence-electron chi connectivity index (χ3n) is 5.67. The molecule has 156 valence electrons. The molecule has 3 heterocycles. The molecule has 1 aliphatic rings. The highest BCUT2D eigenvalue weighted by molar-refractivity contribution is 5.97. The number of β-amino-alcohol motifs (C(OH)–C–C–N with tert-alkyl or cyclic N) is 1. The Labute approximate surface area is 178 Å². The van der Waals surface area contributed by atoms with Crippen molar-refractivity contribution in [2.45, 2.75) is 12.2 Å². The number of nitrogens with one attached hydrogen (secondary N) is 1. The van der Waals surface area contributed by atoms with E-state index in [0.29, 0.717) is 16.8 Å². The number of aromatic amines is 1. The van der Waals surface area contributed by atoms with Gasteiger partial charge in [-0.3, -0.25) is 4.79 Å². The number of H-pyrrole nitrogens is 1. The summed E-state index contributed by atoms with van der Waals surface area (Å²) >= 11 is 0. The van der Waals surface area contributed by atoms with E-state index >= 15 is 0 Å². The van der Waals surface area contributed by atoms with Gasteiger partial charge >= 0.3 is 0 Å². The van der Waals surface area contributed by atoms with E-state index in [9.17, 15) is 20.1 Å². The van der Waals surface area contributed by atoms with Crippen LogP contribution >= 0.6 is 0 Å². The number of phenols is 1. The van der Waals surface area contributed by atoms with Crippen molar-refractivity contribution in [1.29, 1.82) is 0 Å². The summed E-state index contributed by atoms with van der Waals surface area (Å²) in [7, 11) is 0. The number of likely N-dealkylation sites (tertiary alicyclic amines) is 1. The summed E-state index contributed by atoms with van der Waals surface area (Å²) in [6.07, 6.45) is 1.75. The first-order valence-electron chi connectivity index (χ1n) is 10.0. The predicted molar refractivity (Wildman–Crippen MR) is 116 cm³/mol. The number of aromatic nitrogens is 2. The Morgan fingerprint density at radius 2 is 1.87 bits per heavy atom. The zero-order valence-electron chi connectivity index (χ0n) is 16.6. The molecule has 2 aromatic carbocycles. The second kappa shape index (κ2) is 7.54. The van der Waals surface area contributed by atoms with Gasteiger partial charge in [-0.2, -0.15) is 0 Å². The molecule has 1 amide bonds. The van der Waals surface area contributed by atoms with Crippen LogP contribution in [0, 0.1) is 0 Å². The van der Waals surface area contributed by atoms with Crippen molar-refractivity contribution in [3.05, 3.63) is 72.6 Å². The average Bonchev–Trinajstić information content (AvgIpc) is 3.19. The first kappa shape index (κ1) is 19.3. The van der Waals surface area contributed by atoms with Crippen molar-refractivity contribution in [3.63, 3.8) is 0 Å². The molecule has 1 fully saturated rings. The fourth-order valence-corrected chi connectivity index (χ4v) is 3.92. The van der Waals surface area contributed by atoms with E-state index in [1.54, 1.807) is 36.5 Å². The van der Waals surface area contributed by atoms with Crippen molar-refractivity contribution in [1.82, 2.24) is 14.9 Å². The summed E-state index contributed by atoms with van der Waals surface area (Å²) < 4.78 is 0. The van der Waals surface area contributed by atoms with Gasteiger partial charge in [0, 0.05) is 47.6 Å². The van der Waals surface area contributed by atoms with Crippen LogP contribution in [-0.4, -0.2) is 55.3 Å². The van der Waals surface area contributed by atoms with Crippen LogP contribution in [0.25, 0.3) is 33.3 Å². The van der Waals surface area contributed by atoms with E-state index in [2.05, 4.69) is 9.97 Å². The van der Waals surface area contributed by atoms with Crippen LogP contribution in [0.2, 0.25) is 0 Å². The van der Waals surface area contributed by atoms with Gasteiger partial charge in [-0.15, -0.1) is 0 Å². The molecular formula is C24H21N3O4. The number of aromatic hydroxyl groups is 1. The fraction of sp³-hybridized carbons (Fsp3) is 0.167. The molecule has 4 aromatic rings. The quantitative estimate of drug-likeness (QED) is 0.410. The monoisotopic (exact) mass is 415 g/mol. The van der Waals surface area contributed by atoms with Crippen molar-refractivity contribution < 1.29 is 20.1 Å². The molecular weight excluding hydrogens is 394 g/mol. The lowest BCUT2D eigenvalue weighted by atomic mass is 9.98. The maximum Gasteiger partial charge on any atom is 0.256 e. The van der Waals surface area contributed by atoms with Gasteiger partial charge in [-0.1, -0.05) is 36.4 Å². The number of aliphatic hydroxyl groups excluding tert-OH is 2. The number of nitrogens with zero attached hydrogens (tertiary/aromatic N) is 2. The van der Waals surface area contributed by atoms with E-state index in [0.717, 1.165) is 22.1 Å². The van der Waals surface area contributed by atoms with E-state index in [1.807, 2.05) is 30.5 Å². The summed E-state index contributed by atoms with van der Waals surface area (Å²) in [5.41, 5.74) is 4.37. The van der Waals surface area contributed by atoms with Crippen molar-refractivity contribution in [3.8, 4) is 28.0 Å². The molecule has 1 aliphatic heterocycles. The zero-order valence-corrected chi connectivity index (χ0v) is 16.6. The minimum Gasteiger partial charge on any atom is -0.507 e. The average molecular weight is 415 g/mol. The number of benzene rings is 2. The van der Waals surface area contributed by atoms with Gasteiger partial charge in [0.1, 0.15) is 11.4 Å². The molecule has 7 nitrogen and oxygen atoms in total. The Balaban J connectivity index is 1.50. The van der Waals surface area contributed by atoms with Gasteiger partial charge in [-0.05, 0) is 29.3 Å². The maximum atomic E-state index is 12.4. The molecule has 0 saturated carbocycles. The van der Waals surface area contributed by atoms with E-state index < -0.39 is 18.1 Å². The topological polar surface area (TPSA) is 110 Å². The molecule has 2 aromatic heterocycles. The lowest BCUT2D eigenvalue weighted by Crippen LogP contribution is -2.54. The maximum absolute atomic E-state index is 12.4. The number of amides is 1. The number of para-hydroxylation sites is 1. The Morgan fingerprint density at radius 3 is 2.65 bits per heavy atom. The Morgan fingerprint density at radius 1 is 1.06 bits per heavy atom. The van der Waals surface area contributed by atoms with Crippen molar-refractivity contribution >= 4 is 16.9 Å². The summed E-state index contributed by atoms with van der Waals surface area (Å²) in [5, 5.41) is 31.0. The number of pyridine rings is 1.